The maximum atomic E-state index is 13.6. The van der Waals surface area contributed by atoms with Crippen LogP contribution >= 0.6 is 11.6 Å². The molecule has 0 bridgehead atoms. The van der Waals surface area contributed by atoms with Gasteiger partial charge in [-0.3, -0.25) is 0 Å². The van der Waals surface area contributed by atoms with Crippen molar-refractivity contribution in [3.8, 4) is 0 Å². The molecule has 2 nitrogen and oxygen atoms in total. The largest absolute Gasteiger partial charge is 0.396 e. The maximum Gasteiger partial charge on any atom is 0.146 e. The van der Waals surface area contributed by atoms with Crippen molar-refractivity contribution in [3.05, 3.63) is 34.6 Å². The number of rotatable bonds is 3. The van der Waals surface area contributed by atoms with Gasteiger partial charge in [0, 0.05) is 23.6 Å². The summed E-state index contributed by atoms with van der Waals surface area (Å²) in [6.45, 7) is 3.44. The van der Waals surface area contributed by atoms with E-state index in [1.165, 1.54) is 6.07 Å². The van der Waals surface area contributed by atoms with Gasteiger partial charge in [0.2, 0.25) is 0 Å². The molecule has 1 aromatic carbocycles. The molecule has 0 saturated heterocycles. The lowest BCUT2D eigenvalue weighted by molar-refractivity contribution is 0.131. The number of aliphatic hydroxyl groups is 1. The predicted molar refractivity (Wildman–Crippen MR) is 59.2 cm³/mol. The van der Waals surface area contributed by atoms with Crippen LogP contribution in [0.3, 0.4) is 0 Å². The third-order valence-electron chi connectivity index (χ3n) is 2.57. The smallest absolute Gasteiger partial charge is 0.146 e. The summed E-state index contributed by atoms with van der Waals surface area (Å²) < 4.78 is 13.6. The van der Waals surface area contributed by atoms with E-state index in [9.17, 15) is 4.39 Å². The lowest BCUT2D eigenvalue weighted by Gasteiger charge is -2.30. The molecule has 0 fully saturated rings. The summed E-state index contributed by atoms with van der Waals surface area (Å²) in [5.74, 6) is -0.506. The molecule has 0 aliphatic heterocycles. The molecule has 0 radical (unpaired) electrons. The summed E-state index contributed by atoms with van der Waals surface area (Å²) in [6, 6.07) is 4.12. The number of nitrogens with two attached hydrogens (primary N) is 1. The van der Waals surface area contributed by atoms with Crippen LogP contribution in [0, 0.1) is 11.2 Å². The molecular weight excluding hydrogens is 217 g/mol. The van der Waals surface area contributed by atoms with E-state index in [4.69, 9.17) is 22.4 Å². The fraction of sp³-hybridized carbons (Fsp3) is 0.455. The monoisotopic (exact) mass is 231 g/mol. The summed E-state index contributed by atoms with van der Waals surface area (Å²) >= 11 is 5.66. The lowest BCUT2D eigenvalue weighted by atomic mass is 9.81. The van der Waals surface area contributed by atoms with Crippen LogP contribution < -0.4 is 5.73 Å². The molecule has 0 aliphatic carbocycles. The minimum absolute atomic E-state index is 0.0525. The van der Waals surface area contributed by atoms with E-state index in [1.807, 2.05) is 0 Å². The molecule has 1 aromatic rings. The zero-order chi connectivity index (χ0) is 11.6. The molecule has 0 amide bonds. The molecule has 0 unspecified atom stereocenters. The van der Waals surface area contributed by atoms with Gasteiger partial charge >= 0.3 is 0 Å². The van der Waals surface area contributed by atoms with Crippen LogP contribution in [0.15, 0.2) is 18.2 Å². The van der Waals surface area contributed by atoms with Crippen LogP contribution in [0.25, 0.3) is 0 Å². The second-order valence-corrected chi connectivity index (χ2v) is 4.67. The zero-order valence-electron chi connectivity index (χ0n) is 8.80. The van der Waals surface area contributed by atoms with Crippen LogP contribution in [-0.4, -0.2) is 11.7 Å². The molecular formula is C11H15ClFNO. The van der Waals surface area contributed by atoms with Gasteiger partial charge in [-0.15, -0.1) is 0 Å². The molecule has 1 atom stereocenters. The Balaban J connectivity index is 3.12. The predicted octanol–water partition coefficient (Wildman–Crippen LogP) is 2.50. The Morgan fingerprint density at radius 2 is 2.13 bits per heavy atom. The van der Waals surface area contributed by atoms with Crippen molar-refractivity contribution in [2.75, 3.05) is 6.61 Å². The second-order valence-electron chi connectivity index (χ2n) is 4.27. The molecule has 0 heterocycles. The first-order chi connectivity index (χ1) is 6.90. The molecule has 4 heteroatoms. The topological polar surface area (TPSA) is 46.2 Å². The Bertz CT molecular complexity index is 354. The molecule has 0 saturated carbocycles. The summed E-state index contributed by atoms with van der Waals surface area (Å²) in [5.41, 5.74) is 5.65. The van der Waals surface area contributed by atoms with Crippen molar-refractivity contribution in [1.82, 2.24) is 0 Å². The quantitative estimate of drug-likeness (QED) is 0.840. The third-order valence-corrected chi connectivity index (χ3v) is 2.86. The average Bonchev–Trinajstić information content (AvgIpc) is 2.21. The Hall–Kier alpha value is -0.640. The van der Waals surface area contributed by atoms with Gasteiger partial charge in [-0.2, -0.15) is 0 Å². The summed E-state index contributed by atoms with van der Waals surface area (Å²) in [7, 11) is 0. The standard InChI is InChI=1S/C11H15ClFNO/c1-11(2,6-15)10(14)7-4-3-5-8(12)9(7)13/h3-5,10,15H,6,14H2,1-2H3/t10-/m1/s1. The van der Waals surface area contributed by atoms with Crippen molar-refractivity contribution < 1.29 is 9.50 Å². The van der Waals surface area contributed by atoms with Gasteiger partial charge in [0.05, 0.1) is 5.02 Å². The first kappa shape index (κ1) is 12.4. The highest BCUT2D eigenvalue weighted by atomic mass is 35.5. The summed E-state index contributed by atoms with van der Waals surface area (Å²) in [5, 5.41) is 9.20. The second kappa shape index (κ2) is 4.47. The Kier molecular flexibility index (Phi) is 3.71. The lowest BCUT2D eigenvalue weighted by Crippen LogP contribution is -2.33. The minimum atomic E-state index is -0.582. The molecule has 0 aliphatic rings. The number of benzene rings is 1. The van der Waals surface area contributed by atoms with E-state index in [0.717, 1.165) is 0 Å². The highest BCUT2D eigenvalue weighted by Crippen LogP contribution is 2.33. The number of halogens is 2. The molecule has 15 heavy (non-hydrogen) atoms. The van der Waals surface area contributed by atoms with E-state index in [1.54, 1.807) is 26.0 Å². The van der Waals surface area contributed by atoms with Crippen LogP contribution in [0.4, 0.5) is 4.39 Å². The molecule has 0 aromatic heterocycles. The first-order valence-corrected chi connectivity index (χ1v) is 5.08. The maximum absolute atomic E-state index is 13.6. The van der Waals surface area contributed by atoms with E-state index in [0.29, 0.717) is 5.56 Å². The van der Waals surface area contributed by atoms with Gasteiger partial charge in [-0.25, -0.2) is 4.39 Å². The van der Waals surface area contributed by atoms with E-state index in [-0.39, 0.29) is 11.6 Å². The van der Waals surface area contributed by atoms with Crippen molar-refractivity contribution in [3.63, 3.8) is 0 Å². The molecule has 3 N–H and O–H groups in total. The van der Waals surface area contributed by atoms with Gasteiger partial charge in [0.25, 0.3) is 0 Å². The van der Waals surface area contributed by atoms with Crippen LogP contribution in [0.2, 0.25) is 5.02 Å². The van der Waals surface area contributed by atoms with Gasteiger partial charge in [0.1, 0.15) is 5.82 Å². The number of hydrogen-bond acceptors (Lipinski definition) is 2. The summed E-state index contributed by atoms with van der Waals surface area (Å²) in [6.07, 6.45) is 0. The van der Waals surface area contributed by atoms with Crippen LogP contribution in [0.1, 0.15) is 25.5 Å². The highest BCUT2D eigenvalue weighted by Gasteiger charge is 2.29. The molecule has 84 valence electrons. The Morgan fingerprint density at radius 3 is 2.67 bits per heavy atom. The van der Waals surface area contributed by atoms with E-state index in [2.05, 4.69) is 0 Å². The minimum Gasteiger partial charge on any atom is -0.396 e. The number of hydrogen-bond donors (Lipinski definition) is 2. The normalized spacial score (nSPS) is 14.0. The van der Waals surface area contributed by atoms with Gasteiger partial charge < -0.3 is 10.8 Å². The highest BCUT2D eigenvalue weighted by molar-refractivity contribution is 6.30. The SMILES string of the molecule is CC(C)(CO)[C@H](N)c1cccc(Cl)c1F. The molecule has 0 spiro atoms. The summed E-state index contributed by atoms with van der Waals surface area (Å²) in [4.78, 5) is 0. The molecule has 1 rings (SSSR count). The first-order valence-electron chi connectivity index (χ1n) is 4.70. The van der Waals surface area contributed by atoms with Crippen LogP contribution in [0.5, 0.6) is 0 Å². The van der Waals surface area contributed by atoms with Crippen molar-refractivity contribution in [2.24, 2.45) is 11.1 Å². The fourth-order valence-electron chi connectivity index (χ4n) is 1.28. The van der Waals surface area contributed by atoms with Crippen molar-refractivity contribution in [2.45, 2.75) is 19.9 Å². The Morgan fingerprint density at radius 1 is 1.53 bits per heavy atom. The number of aliphatic hydroxyl groups excluding tert-OH is 1. The van der Waals surface area contributed by atoms with Crippen molar-refractivity contribution in [1.29, 1.82) is 0 Å². The zero-order valence-corrected chi connectivity index (χ0v) is 9.55. The van der Waals surface area contributed by atoms with Crippen molar-refractivity contribution >= 4 is 11.6 Å². The Labute approximate surface area is 93.9 Å². The third kappa shape index (κ3) is 2.48. The van der Waals surface area contributed by atoms with Gasteiger partial charge in [-0.1, -0.05) is 37.6 Å². The average molecular weight is 232 g/mol. The van der Waals surface area contributed by atoms with E-state index >= 15 is 0 Å². The fourth-order valence-corrected chi connectivity index (χ4v) is 1.46. The van der Waals surface area contributed by atoms with Crippen LogP contribution in [-0.2, 0) is 0 Å². The van der Waals surface area contributed by atoms with Gasteiger partial charge in [0.15, 0.2) is 0 Å². The van der Waals surface area contributed by atoms with Gasteiger partial charge in [-0.05, 0) is 6.07 Å². The van der Waals surface area contributed by atoms with E-state index < -0.39 is 17.3 Å².